The highest BCUT2D eigenvalue weighted by molar-refractivity contribution is 14.0. The van der Waals surface area contributed by atoms with Gasteiger partial charge in [-0.15, -0.1) is 24.0 Å². The van der Waals surface area contributed by atoms with Gasteiger partial charge >= 0.3 is 6.18 Å². The molecule has 0 aromatic heterocycles. The van der Waals surface area contributed by atoms with Gasteiger partial charge < -0.3 is 15.4 Å². The third-order valence-corrected chi connectivity index (χ3v) is 4.20. The summed E-state index contributed by atoms with van der Waals surface area (Å²) in [6, 6.07) is 7.03. The summed E-state index contributed by atoms with van der Waals surface area (Å²) in [5, 5.41) is 6.95. The topological polar surface area (TPSA) is 48.9 Å². The molecule has 0 aliphatic carbocycles. The van der Waals surface area contributed by atoms with Crippen molar-refractivity contribution in [1.29, 1.82) is 0 Å². The average Bonchev–Trinajstić information content (AvgIpc) is 2.98. The average molecular weight is 521 g/mol. The third kappa shape index (κ3) is 9.20. The highest BCUT2D eigenvalue weighted by Gasteiger charge is 2.34. The number of halogens is 5. The number of likely N-dealkylation sites (tertiary alicyclic amines) is 1. The SMILES string of the molecule is CN=C(NCC(C)Oc1ccc(Cl)cc1)NC1CCN(CC(F)(F)F)C1.I. The van der Waals surface area contributed by atoms with E-state index in [9.17, 15) is 13.2 Å². The molecule has 5 nitrogen and oxygen atoms in total. The van der Waals surface area contributed by atoms with Crippen LogP contribution in [0.1, 0.15) is 13.3 Å². The van der Waals surface area contributed by atoms with Gasteiger partial charge in [0.05, 0.1) is 13.1 Å². The van der Waals surface area contributed by atoms with E-state index >= 15 is 0 Å². The Labute approximate surface area is 179 Å². The molecule has 1 aromatic rings. The molecule has 1 aliphatic heterocycles. The van der Waals surface area contributed by atoms with Crippen LogP contribution < -0.4 is 15.4 Å². The molecule has 0 bridgehead atoms. The minimum Gasteiger partial charge on any atom is -0.489 e. The molecule has 1 aliphatic rings. The molecule has 1 heterocycles. The van der Waals surface area contributed by atoms with E-state index in [0.29, 0.717) is 42.8 Å². The molecule has 0 radical (unpaired) electrons. The summed E-state index contributed by atoms with van der Waals surface area (Å²) in [5.41, 5.74) is 0. The van der Waals surface area contributed by atoms with Gasteiger partial charge in [-0.05, 0) is 37.6 Å². The maximum Gasteiger partial charge on any atom is 0.401 e. The number of hydrogen-bond donors (Lipinski definition) is 2. The van der Waals surface area contributed by atoms with Crippen LogP contribution >= 0.6 is 35.6 Å². The maximum absolute atomic E-state index is 12.5. The number of nitrogens with one attached hydrogen (secondary N) is 2. The van der Waals surface area contributed by atoms with Crippen LogP contribution in [0.25, 0.3) is 0 Å². The second kappa shape index (κ2) is 11.2. The molecule has 27 heavy (non-hydrogen) atoms. The van der Waals surface area contributed by atoms with Crippen LogP contribution in [0, 0.1) is 0 Å². The van der Waals surface area contributed by atoms with Crippen LogP contribution in [-0.2, 0) is 0 Å². The first-order chi connectivity index (χ1) is 12.2. The van der Waals surface area contributed by atoms with E-state index in [1.807, 2.05) is 6.92 Å². The van der Waals surface area contributed by atoms with Gasteiger partial charge in [-0.25, -0.2) is 0 Å². The minimum absolute atomic E-state index is 0. The van der Waals surface area contributed by atoms with Crippen molar-refractivity contribution in [2.24, 2.45) is 4.99 Å². The van der Waals surface area contributed by atoms with E-state index in [1.54, 1.807) is 31.3 Å². The van der Waals surface area contributed by atoms with Gasteiger partial charge in [-0.2, -0.15) is 13.2 Å². The van der Waals surface area contributed by atoms with Gasteiger partial charge in [-0.1, -0.05) is 11.6 Å². The molecular formula is C17H25ClF3IN4O. The van der Waals surface area contributed by atoms with Gasteiger partial charge in [-0.3, -0.25) is 9.89 Å². The van der Waals surface area contributed by atoms with E-state index in [1.165, 1.54) is 4.90 Å². The fraction of sp³-hybridized carbons (Fsp3) is 0.588. The molecule has 1 fully saturated rings. The number of hydrogen-bond acceptors (Lipinski definition) is 3. The van der Waals surface area contributed by atoms with Crippen molar-refractivity contribution in [2.45, 2.75) is 31.7 Å². The van der Waals surface area contributed by atoms with Crippen molar-refractivity contribution in [2.75, 3.05) is 33.2 Å². The normalized spacial score (nSPS) is 19.3. The summed E-state index contributed by atoms with van der Waals surface area (Å²) in [6.45, 7) is 2.31. The minimum atomic E-state index is -4.16. The Balaban J connectivity index is 0.00000364. The summed E-state index contributed by atoms with van der Waals surface area (Å²) in [7, 11) is 1.63. The summed E-state index contributed by atoms with van der Waals surface area (Å²) in [4.78, 5) is 5.52. The molecule has 154 valence electrons. The van der Waals surface area contributed by atoms with Crippen LogP contribution in [-0.4, -0.2) is 62.4 Å². The highest BCUT2D eigenvalue weighted by Crippen LogP contribution is 2.20. The van der Waals surface area contributed by atoms with E-state index in [-0.39, 0.29) is 36.1 Å². The van der Waals surface area contributed by atoms with Crippen molar-refractivity contribution in [1.82, 2.24) is 15.5 Å². The molecule has 1 aromatic carbocycles. The molecule has 10 heteroatoms. The first kappa shape index (κ1) is 24.1. The Morgan fingerprint density at radius 2 is 2.04 bits per heavy atom. The summed E-state index contributed by atoms with van der Waals surface area (Å²) in [5.74, 6) is 1.26. The first-order valence-electron chi connectivity index (χ1n) is 8.43. The van der Waals surface area contributed by atoms with E-state index in [4.69, 9.17) is 16.3 Å². The van der Waals surface area contributed by atoms with Gasteiger partial charge in [0.1, 0.15) is 11.9 Å². The van der Waals surface area contributed by atoms with Crippen molar-refractivity contribution in [3.8, 4) is 5.75 Å². The molecule has 2 unspecified atom stereocenters. The number of ether oxygens (including phenoxy) is 1. The zero-order chi connectivity index (χ0) is 19.2. The Hall–Kier alpha value is -0.940. The van der Waals surface area contributed by atoms with Crippen molar-refractivity contribution >= 4 is 41.5 Å². The van der Waals surface area contributed by atoms with E-state index in [2.05, 4.69) is 15.6 Å². The molecule has 2 rings (SSSR count). The number of aliphatic imine (C=N–C) groups is 1. The van der Waals surface area contributed by atoms with Crippen molar-refractivity contribution in [3.05, 3.63) is 29.3 Å². The Morgan fingerprint density at radius 1 is 1.37 bits per heavy atom. The summed E-state index contributed by atoms with van der Waals surface area (Å²) >= 11 is 5.84. The van der Waals surface area contributed by atoms with Crippen LogP contribution in [0.15, 0.2) is 29.3 Å². The lowest BCUT2D eigenvalue weighted by molar-refractivity contribution is -0.143. The van der Waals surface area contributed by atoms with Gasteiger partial charge in [0.15, 0.2) is 5.96 Å². The lowest BCUT2D eigenvalue weighted by atomic mass is 10.3. The molecule has 0 amide bonds. The quantitative estimate of drug-likeness (QED) is 0.342. The number of rotatable bonds is 6. The smallest absolute Gasteiger partial charge is 0.401 e. The van der Waals surface area contributed by atoms with Crippen LogP contribution in [0.5, 0.6) is 5.75 Å². The predicted molar refractivity (Wildman–Crippen MR) is 112 cm³/mol. The molecule has 0 saturated carbocycles. The monoisotopic (exact) mass is 520 g/mol. The fourth-order valence-corrected chi connectivity index (χ4v) is 2.89. The molecule has 2 N–H and O–H groups in total. The van der Waals surface area contributed by atoms with Crippen molar-refractivity contribution in [3.63, 3.8) is 0 Å². The van der Waals surface area contributed by atoms with Crippen molar-refractivity contribution < 1.29 is 17.9 Å². The van der Waals surface area contributed by atoms with Crippen LogP contribution in [0.4, 0.5) is 13.2 Å². The van der Waals surface area contributed by atoms with E-state index in [0.717, 1.165) is 0 Å². The second-order valence-electron chi connectivity index (χ2n) is 6.32. The number of guanidine groups is 1. The fourth-order valence-electron chi connectivity index (χ4n) is 2.76. The van der Waals surface area contributed by atoms with Gasteiger partial charge in [0.25, 0.3) is 0 Å². The molecular weight excluding hydrogens is 496 g/mol. The lowest BCUT2D eigenvalue weighted by Crippen LogP contribution is -2.47. The Morgan fingerprint density at radius 3 is 2.63 bits per heavy atom. The van der Waals surface area contributed by atoms with Crippen LogP contribution in [0.2, 0.25) is 5.02 Å². The largest absolute Gasteiger partial charge is 0.489 e. The number of nitrogens with zero attached hydrogens (tertiary/aromatic N) is 2. The van der Waals surface area contributed by atoms with Gasteiger partial charge in [0.2, 0.25) is 0 Å². The standard InChI is InChI=1S/C17H24ClF3N4O.HI/c1-12(26-15-5-3-13(18)4-6-15)9-23-16(22-2)24-14-7-8-25(10-14)11-17(19,20)21;/h3-6,12,14H,7-11H2,1-2H3,(H2,22,23,24);1H. The maximum atomic E-state index is 12.5. The lowest BCUT2D eigenvalue weighted by Gasteiger charge is -2.21. The van der Waals surface area contributed by atoms with Gasteiger partial charge in [0, 0.05) is 31.2 Å². The number of benzene rings is 1. The summed E-state index contributed by atoms with van der Waals surface area (Å²) < 4.78 is 43.1. The molecule has 2 atom stereocenters. The Kier molecular flexibility index (Phi) is 9.96. The Bertz CT molecular complexity index is 601. The zero-order valence-corrected chi connectivity index (χ0v) is 18.3. The van der Waals surface area contributed by atoms with Crippen LogP contribution in [0.3, 0.4) is 0 Å². The highest BCUT2D eigenvalue weighted by atomic mass is 127. The second-order valence-corrected chi connectivity index (χ2v) is 6.75. The third-order valence-electron chi connectivity index (χ3n) is 3.95. The van der Waals surface area contributed by atoms with E-state index < -0.39 is 12.7 Å². The summed E-state index contributed by atoms with van der Waals surface area (Å²) in [6.07, 6.45) is -3.64. The number of alkyl halides is 3. The first-order valence-corrected chi connectivity index (χ1v) is 8.81. The zero-order valence-electron chi connectivity index (χ0n) is 15.2. The molecule has 0 spiro atoms. The molecule has 1 saturated heterocycles. The predicted octanol–water partition coefficient (Wildman–Crippen LogP) is 3.53.